The van der Waals surface area contributed by atoms with Gasteiger partial charge >= 0.3 is 0 Å². The molecule has 2 aromatic heterocycles. The molecule has 13 nitrogen and oxygen atoms in total. The molecule has 8 N–H and O–H groups in total. The smallest absolute Gasteiger partial charge is 0.276 e. The van der Waals surface area contributed by atoms with Crippen molar-refractivity contribution in [2.45, 2.75) is 28.1 Å². The number of aliphatic carboxylic acids is 1. The van der Waals surface area contributed by atoms with Crippen molar-refractivity contribution in [2.24, 2.45) is 5.16 Å². The number of nitrogens with two attached hydrogens (primary N) is 1. The number of carbonyl (C=O) groups excluding carboxylic acids is 3. The van der Waals surface area contributed by atoms with Crippen molar-refractivity contribution >= 4 is 86.9 Å². The second-order valence-corrected chi connectivity index (χ2v) is 13.1. The first kappa shape index (κ1) is 29.4. The third kappa shape index (κ3) is 6.29. The number of nitrogens with one attached hydrogen (secondary N) is 1. The Balaban J connectivity index is 1.50. The summed E-state index contributed by atoms with van der Waals surface area (Å²) < 4.78 is 0.0290. The molecule has 4 rings (SSSR count). The SMILES string of the molecule is Nc1nc(/C(=N/O)C(=O)N[C@@H]2C(=O)N3C(C(=O)[O-])=C(Sc4ccncc4CSC[C@H]([NH3+])CO)CS[C@H]23)c(Cl)s1. The van der Waals surface area contributed by atoms with Crippen molar-refractivity contribution in [2.75, 3.05) is 23.8 Å². The van der Waals surface area contributed by atoms with E-state index in [2.05, 4.69) is 26.2 Å². The zero-order chi connectivity index (χ0) is 28.3. The number of quaternary nitrogens is 1. The van der Waals surface area contributed by atoms with Crippen LogP contribution in [0.5, 0.6) is 0 Å². The van der Waals surface area contributed by atoms with Crippen LogP contribution >= 0.6 is 58.2 Å². The summed E-state index contributed by atoms with van der Waals surface area (Å²) in [6.07, 6.45) is 3.28. The number of hydrogen-bond acceptors (Lipinski definition) is 14. The minimum Gasteiger partial charge on any atom is -0.543 e. The van der Waals surface area contributed by atoms with Crippen molar-refractivity contribution in [3.05, 3.63) is 44.7 Å². The number of rotatable bonds is 11. The first-order valence-electron chi connectivity index (χ1n) is 11.1. The molecule has 1 saturated heterocycles. The van der Waals surface area contributed by atoms with Gasteiger partial charge in [-0.15, -0.1) is 11.8 Å². The zero-order valence-corrected chi connectivity index (χ0v) is 23.9. The summed E-state index contributed by atoms with van der Waals surface area (Å²) in [4.78, 5) is 48.3. The Bertz CT molecular complexity index is 1360. The van der Waals surface area contributed by atoms with Gasteiger partial charge in [0.1, 0.15) is 27.5 Å². The molecule has 2 amide bonds. The van der Waals surface area contributed by atoms with E-state index in [0.717, 1.165) is 26.7 Å². The second-order valence-electron chi connectivity index (χ2n) is 8.19. The topological polar surface area (TPSA) is 222 Å². The number of aliphatic hydroxyl groups is 1. The van der Waals surface area contributed by atoms with Gasteiger partial charge in [-0.1, -0.05) is 39.9 Å². The highest BCUT2D eigenvalue weighted by Crippen LogP contribution is 2.45. The van der Waals surface area contributed by atoms with Crippen LogP contribution < -0.4 is 21.9 Å². The molecule has 39 heavy (non-hydrogen) atoms. The Morgan fingerprint density at radius 1 is 1.46 bits per heavy atom. The highest BCUT2D eigenvalue weighted by molar-refractivity contribution is 8.06. The summed E-state index contributed by atoms with van der Waals surface area (Å²) in [5.41, 5.74) is 9.38. The van der Waals surface area contributed by atoms with Crippen LogP contribution in [0.25, 0.3) is 0 Å². The van der Waals surface area contributed by atoms with Gasteiger partial charge < -0.3 is 37.0 Å². The standard InChI is InChI=1S/C21H22ClN7O6S4/c22-16-12(27-21(24)39-16)13(28-35)17(31)26-14-18(32)29-15(20(33)34)11(7-37-19(14)29)38-10-1-2-25-3-8(10)5-36-6-9(23)4-30/h1-3,9,14,19,30,35H,4-7,23H2,(H2,24,27)(H,26,31)(H,33,34)/b28-13-/t9-,14-,19-/m1/s1. The summed E-state index contributed by atoms with van der Waals surface area (Å²) >= 11 is 10.9. The Labute approximate surface area is 243 Å². The summed E-state index contributed by atoms with van der Waals surface area (Å²) in [5, 5.41) is 35.5. The van der Waals surface area contributed by atoms with E-state index in [1.54, 1.807) is 30.2 Å². The number of thioether (sulfide) groups is 3. The maximum atomic E-state index is 13.0. The van der Waals surface area contributed by atoms with Gasteiger partial charge in [-0.3, -0.25) is 19.5 Å². The van der Waals surface area contributed by atoms with Crippen molar-refractivity contribution in [1.29, 1.82) is 0 Å². The van der Waals surface area contributed by atoms with E-state index >= 15 is 0 Å². The molecule has 2 aromatic rings. The number of carbonyl (C=O) groups is 3. The fourth-order valence-corrected chi connectivity index (χ4v) is 8.26. The Hall–Kier alpha value is -2.54. The van der Waals surface area contributed by atoms with Gasteiger partial charge in [0.05, 0.1) is 18.3 Å². The van der Waals surface area contributed by atoms with E-state index in [-0.39, 0.29) is 39.3 Å². The predicted molar refractivity (Wildman–Crippen MR) is 147 cm³/mol. The van der Waals surface area contributed by atoms with E-state index in [0.29, 0.717) is 16.4 Å². The first-order valence-corrected chi connectivity index (χ1v) is 15.3. The number of oxime groups is 1. The number of anilines is 1. The Morgan fingerprint density at radius 3 is 2.87 bits per heavy atom. The molecule has 0 spiro atoms. The monoisotopic (exact) mass is 631 g/mol. The molecule has 2 aliphatic heterocycles. The highest BCUT2D eigenvalue weighted by Gasteiger charge is 2.53. The number of hydrogen-bond donors (Lipinski definition) is 5. The van der Waals surface area contributed by atoms with Gasteiger partial charge in [-0.2, -0.15) is 11.8 Å². The number of pyridine rings is 1. The number of carboxylic acids is 1. The predicted octanol–water partition coefficient (Wildman–Crippen LogP) is -1.06. The van der Waals surface area contributed by atoms with Gasteiger partial charge in [-0.25, -0.2) is 4.98 Å². The summed E-state index contributed by atoms with van der Waals surface area (Å²) in [6.45, 7) is -0.0193. The third-order valence-corrected chi connectivity index (χ3v) is 10.5. The average molecular weight is 632 g/mol. The van der Waals surface area contributed by atoms with Crippen molar-refractivity contribution in [3.8, 4) is 0 Å². The molecule has 208 valence electrons. The molecule has 0 aromatic carbocycles. The summed E-state index contributed by atoms with van der Waals surface area (Å²) in [6, 6.07) is 0.576. The van der Waals surface area contributed by atoms with Crippen molar-refractivity contribution in [3.63, 3.8) is 0 Å². The van der Waals surface area contributed by atoms with Gasteiger partial charge in [0.15, 0.2) is 10.8 Å². The lowest BCUT2D eigenvalue weighted by molar-refractivity contribution is -0.417. The number of nitrogen functional groups attached to an aromatic ring is 1. The van der Waals surface area contributed by atoms with Crippen molar-refractivity contribution in [1.82, 2.24) is 20.2 Å². The number of β-lactam (4-membered cyclic amide) rings is 1. The molecule has 0 radical (unpaired) electrons. The number of thiazole rings is 1. The lowest BCUT2D eigenvalue weighted by atomic mass is 10.0. The fourth-order valence-electron chi connectivity index (χ4n) is 3.68. The van der Waals surface area contributed by atoms with Crippen LogP contribution in [-0.2, 0) is 20.1 Å². The minimum absolute atomic E-state index is 0.0193. The fraction of sp³-hybridized carbons (Fsp3) is 0.333. The maximum absolute atomic E-state index is 13.0. The van der Waals surface area contributed by atoms with Crippen LogP contribution in [-0.4, -0.2) is 84.2 Å². The molecule has 0 saturated carbocycles. The maximum Gasteiger partial charge on any atom is 0.276 e. The van der Waals surface area contributed by atoms with Gasteiger partial charge in [0, 0.05) is 39.5 Å². The van der Waals surface area contributed by atoms with Gasteiger partial charge in [-0.05, 0) is 11.6 Å². The van der Waals surface area contributed by atoms with E-state index in [1.165, 1.54) is 23.5 Å². The zero-order valence-electron chi connectivity index (χ0n) is 19.9. The summed E-state index contributed by atoms with van der Waals surface area (Å²) in [7, 11) is 0. The summed E-state index contributed by atoms with van der Waals surface area (Å²) in [5.74, 6) is -1.64. The normalized spacial score (nSPS) is 19.9. The van der Waals surface area contributed by atoms with E-state index in [1.807, 2.05) is 0 Å². The number of amides is 2. The highest BCUT2D eigenvalue weighted by atomic mass is 35.5. The van der Waals surface area contributed by atoms with Crippen LogP contribution in [0, 0.1) is 0 Å². The largest absolute Gasteiger partial charge is 0.543 e. The number of nitrogens with zero attached hydrogens (tertiary/aromatic N) is 4. The van der Waals surface area contributed by atoms with E-state index < -0.39 is 34.9 Å². The third-order valence-electron chi connectivity index (χ3n) is 5.52. The average Bonchev–Trinajstić information content (AvgIpc) is 3.25. The Kier molecular flexibility index (Phi) is 9.63. The molecule has 0 aliphatic carbocycles. The molecule has 0 bridgehead atoms. The second kappa shape index (κ2) is 12.8. The first-order chi connectivity index (χ1) is 18.7. The number of fused-ring (bicyclic) bond motifs is 1. The number of aromatic nitrogens is 2. The number of aliphatic hydroxyl groups excluding tert-OH is 1. The molecular formula is C21H22ClN7O6S4. The van der Waals surface area contributed by atoms with E-state index in [9.17, 15) is 29.8 Å². The molecule has 4 heterocycles. The molecule has 1 fully saturated rings. The van der Waals surface area contributed by atoms with E-state index in [4.69, 9.17) is 17.3 Å². The lowest BCUT2D eigenvalue weighted by Crippen LogP contribution is -2.71. The van der Waals surface area contributed by atoms with Crippen LogP contribution in [0.3, 0.4) is 0 Å². The van der Waals surface area contributed by atoms with Crippen LogP contribution in [0.15, 0.2) is 39.1 Å². The number of halogens is 1. The molecule has 3 atom stereocenters. The Morgan fingerprint density at radius 2 is 2.23 bits per heavy atom. The quantitative estimate of drug-likeness (QED) is 0.0866. The molecule has 2 aliphatic rings. The van der Waals surface area contributed by atoms with Crippen molar-refractivity contribution < 1.29 is 35.5 Å². The van der Waals surface area contributed by atoms with Gasteiger partial charge in [0.25, 0.3) is 11.8 Å². The molecule has 0 unspecified atom stereocenters. The van der Waals surface area contributed by atoms with Crippen LogP contribution in [0.4, 0.5) is 5.13 Å². The molecule has 18 heteroatoms. The van der Waals surface area contributed by atoms with Crippen LogP contribution in [0.1, 0.15) is 11.3 Å². The number of carboxylic acid groups (broad SMARTS) is 1. The lowest BCUT2D eigenvalue weighted by Gasteiger charge is -2.50. The molecular weight excluding hydrogens is 610 g/mol. The van der Waals surface area contributed by atoms with Crippen LogP contribution in [0.2, 0.25) is 4.34 Å². The van der Waals surface area contributed by atoms with Gasteiger partial charge in [0.2, 0.25) is 0 Å². The minimum atomic E-state index is -1.52.